The molecule has 21 heavy (non-hydrogen) atoms. The van der Waals surface area contributed by atoms with E-state index < -0.39 is 11.9 Å². The van der Waals surface area contributed by atoms with E-state index in [1.165, 1.54) is 4.68 Å². The van der Waals surface area contributed by atoms with E-state index in [-0.39, 0.29) is 17.9 Å². The number of piperidine rings is 2. The molecule has 2 fully saturated rings. The summed E-state index contributed by atoms with van der Waals surface area (Å²) in [6.45, 7) is 1.89. The summed E-state index contributed by atoms with van der Waals surface area (Å²) in [5, 5.41) is 9.69. The van der Waals surface area contributed by atoms with Gasteiger partial charge in [0.25, 0.3) is 11.5 Å². The standard InChI is InChI=1S/C14H18N4O3/c19-12-2-1-11(14(21)17-12)18-13(20)7-10(8-16-18)9-3-5-15-6-4-9/h7-9,11,15H,1-6H2,(H,17,19,21). The fourth-order valence-corrected chi connectivity index (χ4v) is 2.96. The highest BCUT2D eigenvalue weighted by atomic mass is 16.2. The predicted octanol–water partition coefficient (Wildman–Crippen LogP) is -0.312. The lowest BCUT2D eigenvalue weighted by Crippen LogP contribution is -2.45. The average Bonchev–Trinajstić information content (AvgIpc) is 2.49. The van der Waals surface area contributed by atoms with Crippen LogP contribution in [0.4, 0.5) is 0 Å². The zero-order chi connectivity index (χ0) is 14.8. The summed E-state index contributed by atoms with van der Waals surface area (Å²) >= 11 is 0. The molecule has 2 N–H and O–H groups in total. The molecule has 0 bridgehead atoms. The van der Waals surface area contributed by atoms with E-state index in [9.17, 15) is 14.4 Å². The smallest absolute Gasteiger partial charge is 0.267 e. The van der Waals surface area contributed by atoms with E-state index in [4.69, 9.17) is 0 Å². The molecule has 2 aliphatic rings. The number of carbonyl (C=O) groups is 2. The third-order valence-electron chi connectivity index (χ3n) is 4.16. The van der Waals surface area contributed by atoms with Crippen molar-refractivity contribution in [3.8, 4) is 0 Å². The quantitative estimate of drug-likeness (QED) is 0.729. The van der Waals surface area contributed by atoms with Crippen molar-refractivity contribution >= 4 is 11.8 Å². The van der Waals surface area contributed by atoms with Crippen molar-refractivity contribution in [1.82, 2.24) is 20.4 Å². The lowest BCUT2D eigenvalue weighted by atomic mass is 9.92. The molecule has 3 heterocycles. The normalized spacial score (nSPS) is 23.9. The maximum absolute atomic E-state index is 12.2. The molecule has 2 amide bonds. The minimum absolute atomic E-state index is 0.237. The fourth-order valence-electron chi connectivity index (χ4n) is 2.96. The molecule has 7 nitrogen and oxygen atoms in total. The van der Waals surface area contributed by atoms with Gasteiger partial charge in [-0.05, 0) is 43.8 Å². The Morgan fingerprint density at radius 2 is 1.90 bits per heavy atom. The largest absolute Gasteiger partial charge is 0.317 e. The summed E-state index contributed by atoms with van der Waals surface area (Å²) in [6, 6.07) is 0.893. The second-order valence-corrected chi connectivity index (χ2v) is 5.56. The molecule has 7 heteroatoms. The van der Waals surface area contributed by atoms with Crippen molar-refractivity contribution in [3.05, 3.63) is 28.2 Å². The molecule has 0 aliphatic carbocycles. The first-order valence-corrected chi connectivity index (χ1v) is 7.28. The van der Waals surface area contributed by atoms with E-state index in [0.29, 0.717) is 12.3 Å². The van der Waals surface area contributed by atoms with Crippen molar-refractivity contribution in [2.75, 3.05) is 13.1 Å². The van der Waals surface area contributed by atoms with E-state index in [1.807, 2.05) is 0 Å². The van der Waals surface area contributed by atoms with Crippen LogP contribution in [0.25, 0.3) is 0 Å². The molecule has 0 spiro atoms. The maximum atomic E-state index is 12.2. The molecule has 1 aromatic heterocycles. The summed E-state index contributed by atoms with van der Waals surface area (Å²) < 4.78 is 1.19. The van der Waals surface area contributed by atoms with Gasteiger partial charge in [-0.3, -0.25) is 19.7 Å². The summed E-state index contributed by atoms with van der Waals surface area (Å²) in [5.74, 6) is -0.394. The molecule has 2 saturated heterocycles. The van der Waals surface area contributed by atoms with Crippen LogP contribution in [0.5, 0.6) is 0 Å². The maximum Gasteiger partial charge on any atom is 0.267 e. The Kier molecular flexibility index (Phi) is 3.83. The average molecular weight is 290 g/mol. The van der Waals surface area contributed by atoms with E-state index in [2.05, 4.69) is 15.7 Å². The zero-order valence-electron chi connectivity index (χ0n) is 11.7. The molecule has 0 radical (unpaired) electrons. The molecule has 3 rings (SSSR count). The van der Waals surface area contributed by atoms with Gasteiger partial charge in [-0.2, -0.15) is 5.10 Å². The third kappa shape index (κ3) is 2.87. The highest BCUT2D eigenvalue weighted by molar-refractivity contribution is 5.99. The van der Waals surface area contributed by atoms with Crippen LogP contribution in [0.3, 0.4) is 0 Å². The number of imide groups is 1. The van der Waals surface area contributed by atoms with Crippen LogP contribution in [-0.4, -0.2) is 34.7 Å². The lowest BCUT2D eigenvalue weighted by Gasteiger charge is -2.24. The van der Waals surface area contributed by atoms with Crippen LogP contribution in [0, 0.1) is 0 Å². The second kappa shape index (κ2) is 5.77. The number of amides is 2. The van der Waals surface area contributed by atoms with Crippen LogP contribution in [0.2, 0.25) is 0 Å². The van der Waals surface area contributed by atoms with Gasteiger partial charge in [0.05, 0.1) is 6.20 Å². The zero-order valence-corrected chi connectivity index (χ0v) is 11.7. The Labute approximate surface area is 121 Å². The Balaban J connectivity index is 1.82. The third-order valence-corrected chi connectivity index (χ3v) is 4.16. The summed E-state index contributed by atoms with van der Waals surface area (Å²) in [4.78, 5) is 35.2. The molecule has 1 atom stereocenters. The van der Waals surface area contributed by atoms with Gasteiger partial charge >= 0.3 is 0 Å². The Morgan fingerprint density at radius 3 is 2.57 bits per heavy atom. The molecule has 1 aromatic rings. The lowest BCUT2D eigenvalue weighted by molar-refractivity contribution is -0.136. The van der Waals surface area contributed by atoms with E-state index in [1.54, 1.807) is 12.3 Å². The number of rotatable bonds is 2. The van der Waals surface area contributed by atoms with Crippen LogP contribution < -0.4 is 16.2 Å². The van der Waals surface area contributed by atoms with Gasteiger partial charge in [-0.15, -0.1) is 0 Å². The Morgan fingerprint density at radius 1 is 1.14 bits per heavy atom. The minimum atomic E-state index is -0.683. The summed E-state index contributed by atoms with van der Waals surface area (Å²) in [6.07, 6.45) is 4.22. The number of nitrogens with one attached hydrogen (secondary N) is 2. The Bertz CT molecular complexity index is 619. The van der Waals surface area contributed by atoms with Crippen molar-refractivity contribution in [2.24, 2.45) is 0 Å². The highest BCUT2D eigenvalue weighted by Crippen LogP contribution is 2.23. The van der Waals surface area contributed by atoms with Crippen molar-refractivity contribution < 1.29 is 9.59 Å². The topological polar surface area (TPSA) is 93.1 Å². The van der Waals surface area contributed by atoms with Crippen LogP contribution in [0.15, 0.2) is 17.1 Å². The summed E-state index contributed by atoms with van der Waals surface area (Å²) in [5.41, 5.74) is 0.658. The van der Waals surface area contributed by atoms with Gasteiger partial charge in [0.15, 0.2) is 0 Å². The first kappa shape index (κ1) is 13.9. The molecule has 1 unspecified atom stereocenters. The van der Waals surface area contributed by atoms with Crippen molar-refractivity contribution in [2.45, 2.75) is 37.6 Å². The van der Waals surface area contributed by atoms with Crippen molar-refractivity contribution in [1.29, 1.82) is 0 Å². The van der Waals surface area contributed by atoms with Crippen LogP contribution in [0.1, 0.15) is 43.2 Å². The number of hydrogen-bond donors (Lipinski definition) is 2. The Hall–Kier alpha value is -2.02. The van der Waals surface area contributed by atoms with Gasteiger partial charge < -0.3 is 5.32 Å². The van der Waals surface area contributed by atoms with Gasteiger partial charge in [0.1, 0.15) is 6.04 Å². The SMILES string of the molecule is O=C1CCC(n2ncc(C3CCNCC3)cc2=O)C(=O)N1. The molecular weight excluding hydrogens is 272 g/mol. The molecule has 0 aromatic carbocycles. The first-order chi connectivity index (χ1) is 10.1. The summed E-state index contributed by atoms with van der Waals surface area (Å²) in [7, 11) is 0. The van der Waals surface area contributed by atoms with E-state index in [0.717, 1.165) is 31.5 Å². The number of nitrogens with zero attached hydrogens (tertiary/aromatic N) is 2. The van der Waals surface area contributed by atoms with E-state index >= 15 is 0 Å². The highest BCUT2D eigenvalue weighted by Gasteiger charge is 2.29. The number of carbonyl (C=O) groups excluding carboxylic acids is 2. The van der Waals surface area contributed by atoms with Gasteiger partial charge in [0, 0.05) is 12.5 Å². The van der Waals surface area contributed by atoms with Gasteiger partial charge in [-0.1, -0.05) is 0 Å². The van der Waals surface area contributed by atoms with Crippen molar-refractivity contribution in [3.63, 3.8) is 0 Å². The van der Waals surface area contributed by atoms with Gasteiger partial charge in [0.2, 0.25) is 5.91 Å². The first-order valence-electron chi connectivity index (χ1n) is 7.28. The minimum Gasteiger partial charge on any atom is -0.317 e. The second-order valence-electron chi connectivity index (χ2n) is 5.56. The van der Waals surface area contributed by atoms with Gasteiger partial charge in [-0.25, -0.2) is 4.68 Å². The molecular formula is C14H18N4O3. The fraction of sp³-hybridized carbons (Fsp3) is 0.571. The molecule has 112 valence electrons. The number of aromatic nitrogens is 2. The predicted molar refractivity (Wildman–Crippen MR) is 74.8 cm³/mol. The number of hydrogen-bond acceptors (Lipinski definition) is 5. The van der Waals surface area contributed by atoms with Crippen LogP contribution >= 0.6 is 0 Å². The molecule has 0 saturated carbocycles. The van der Waals surface area contributed by atoms with Crippen LogP contribution in [-0.2, 0) is 9.59 Å². The monoisotopic (exact) mass is 290 g/mol. The molecule has 2 aliphatic heterocycles.